The molecule has 1 rings (SSSR count). The van der Waals surface area contributed by atoms with Crippen LogP contribution in [0, 0.1) is 12.8 Å². The molecule has 0 aliphatic heterocycles. The highest BCUT2D eigenvalue weighted by Crippen LogP contribution is 2.19. The normalized spacial score (nSPS) is 10.9. The number of unbranched alkanes of at least 4 members (excludes halogenated alkanes) is 1. The first-order valence-electron chi connectivity index (χ1n) is 6.97. The first-order valence-corrected chi connectivity index (χ1v) is 6.97. The van der Waals surface area contributed by atoms with Gasteiger partial charge in [0, 0.05) is 0 Å². The summed E-state index contributed by atoms with van der Waals surface area (Å²) in [5.74, 6) is 1.73. The Kier molecular flexibility index (Phi) is 6.81. The minimum atomic E-state index is 0.745. The SMILES string of the molecule is COc1ccc(CCCCNCC(C)C)cc1C. The summed E-state index contributed by atoms with van der Waals surface area (Å²) in [6.45, 7) is 8.85. The first kappa shape index (κ1) is 15.0. The van der Waals surface area contributed by atoms with Gasteiger partial charge in [0.25, 0.3) is 0 Å². The second-order valence-corrected chi connectivity index (χ2v) is 5.36. The predicted molar refractivity (Wildman–Crippen MR) is 78.4 cm³/mol. The van der Waals surface area contributed by atoms with Crippen molar-refractivity contribution in [2.75, 3.05) is 20.2 Å². The lowest BCUT2D eigenvalue weighted by Gasteiger charge is -2.08. The second-order valence-electron chi connectivity index (χ2n) is 5.36. The summed E-state index contributed by atoms with van der Waals surface area (Å²) < 4.78 is 5.27. The number of methoxy groups -OCH3 is 1. The highest BCUT2D eigenvalue weighted by atomic mass is 16.5. The van der Waals surface area contributed by atoms with E-state index in [4.69, 9.17) is 4.74 Å². The molecule has 2 heteroatoms. The number of aryl methyl sites for hydroxylation is 2. The summed E-state index contributed by atoms with van der Waals surface area (Å²) >= 11 is 0. The Hall–Kier alpha value is -1.02. The van der Waals surface area contributed by atoms with Crippen LogP contribution in [0.5, 0.6) is 5.75 Å². The van der Waals surface area contributed by atoms with Gasteiger partial charge >= 0.3 is 0 Å². The molecule has 1 aromatic carbocycles. The molecular formula is C16H27NO. The molecule has 0 saturated carbocycles. The zero-order valence-corrected chi connectivity index (χ0v) is 12.3. The molecule has 0 amide bonds. The van der Waals surface area contributed by atoms with Crippen LogP contribution in [0.2, 0.25) is 0 Å². The van der Waals surface area contributed by atoms with E-state index in [0.29, 0.717) is 0 Å². The summed E-state index contributed by atoms with van der Waals surface area (Å²) in [7, 11) is 1.72. The minimum absolute atomic E-state index is 0.745. The zero-order valence-electron chi connectivity index (χ0n) is 12.3. The highest BCUT2D eigenvalue weighted by molar-refractivity contribution is 5.36. The molecule has 0 aromatic heterocycles. The lowest BCUT2D eigenvalue weighted by molar-refractivity contribution is 0.411. The predicted octanol–water partition coefficient (Wildman–Crippen LogP) is 3.57. The highest BCUT2D eigenvalue weighted by Gasteiger charge is 2.00. The van der Waals surface area contributed by atoms with Crippen molar-refractivity contribution in [2.45, 2.75) is 40.0 Å². The Morgan fingerprint density at radius 3 is 2.61 bits per heavy atom. The second kappa shape index (κ2) is 8.15. The maximum Gasteiger partial charge on any atom is 0.121 e. The molecule has 0 fully saturated rings. The van der Waals surface area contributed by atoms with Crippen LogP contribution in [-0.4, -0.2) is 20.2 Å². The molecule has 0 saturated heterocycles. The van der Waals surface area contributed by atoms with Gasteiger partial charge in [-0.25, -0.2) is 0 Å². The van der Waals surface area contributed by atoms with E-state index in [1.165, 1.54) is 24.0 Å². The van der Waals surface area contributed by atoms with E-state index in [2.05, 4.69) is 44.3 Å². The van der Waals surface area contributed by atoms with Crippen LogP contribution < -0.4 is 10.1 Å². The summed E-state index contributed by atoms with van der Waals surface area (Å²) in [6, 6.07) is 6.48. The molecular weight excluding hydrogens is 222 g/mol. The van der Waals surface area contributed by atoms with Crippen molar-refractivity contribution in [2.24, 2.45) is 5.92 Å². The summed E-state index contributed by atoms with van der Waals surface area (Å²) in [6.07, 6.45) is 3.66. The van der Waals surface area contributed by atoms with E-state index >= 15 is 0 Å². The van der Waals surface area contributed by atoms with E-state index < -0.39 is 0 Å². The molecule has 0 bridgehead atoms. The van der Waals surface area contributed by atoms with E-state index in [0.717, 1.165) is 31.2 Å². The Labute approximate surface area is 112 Å². The maximum atomic E-state index is 5.27. The number of ether oxygens (including phenoxy) is 1. The van der Waals surface area contributed by atoms with Gasteiger partial charge in [0.1, 0.15) is 5.75 Å². The monoisotopic (exact) mass is 249 g/mol. The van der Waals surface area contributed by atoms with Crippen molar-refractivity contribution in [3.8, 4) is 5.75 Å². The molecule has 0 spiro atoms. The molecule has 0 radical (unpaired) electrons. The average Bonchev–Trinajstić information content (AvgIpc) is 2.33. The van der Waals surface area contributed by atoms with Gasteiger partial charge in [-0.3, -0.25) is 0 Å². The smallest absolute Gasteiger partial charge is 0.121 e. The van der Waals surface area contributed by atoms with Crippen LogP contribution in [0.15, 0.2) is 18.2 Å². The number of nitrogens with one attached hydrogen (secondary N) is 1. The standard InChI is InChI=1S/C16H27NO/c1-13(2)12-17-10-6-5-7-15-8-9-16(18-4)14(3)11-15/h8-9,11,13,17H,5-7,10,12H2,1-4H3. The van der Waals surface area contributed by atoms with Gasteiger partial charge < -0.3 is 10.1 Å². The van der Waals surface area contributed by atoms with Crippen LogP contribution in [0.1, 0.15) is 37.8 Å². The molecule has 0 atom stereocenters. The number of benzene rings is 1. The van der Waals surface area contributed by atoms with Crippen molar-refractivity contribution in [1.82, 2.24) is 5.32 Å². The van der Waals surface area contributed by atoms with Gasteiger partial charge in [-0.05, 0) is 62.4 Å². The number of hydrogen-bond acceptors (Lipinski definition) is 2. The van der Waals surface area contributed by atoms with Crippen molar-refractivity contribution in [3.63, 3.8) is 0 Å². The number of hydrogen-bond donors (Lipinski definition) is 1. The summed E-state index contributed by atoms with van der Waals surface area (Å²) in [4.78, 5) is 0. The van der Waals surface area contributed by atoms with Gasteiger partial charge in [-0.15, -0.1) is 0 Å². The molecule has 0 aliphatic carbocycles. The quantitative estimate of drug-likeness (QED) is 0.711. The Balaban J connectivity index is 2.21. The van der Waals surface area contributed by atoms with E-state index in [9.17, 15) is 0 Å². The van der Waals surface area contributed by atoms with Gasteiger partial charge in [0.05, 0.1) is 7.11 Å². The third-order valence-electron chi connectivity index (χ3n) is 3.08. The van der Waals surface area contributed by atoms with E-state index in [-0.39, 0.29) is 0 Å². The van der Waals surface area contributed by atoms with Crippen molar-refractivity contribution < 1.29 is 4.74 Å². The van der Waals surface area contributed by atoms with Crippen LogP contribution in [0.4, 0.5) is 0 Å². The van der Waals surface area contributed by atoms with Gasteiger partial charge in [0.2, 0.25) is 0 Å². The Bertz CT molecular complexity index is 347. The summed E-state index contributed by atoms with van der Waals surface area (Å²) in [5.41, 5.74) is 2.64. The fraction of sp³-hybridized carbons (Fsp3) is 0.625. The van der Waals surface area contributed by atoms with Crippen molar-refractivity contribution in [3.05, 3.63) is 29.3 Å². The molecule has 102 valence electrons. The fourth-order valence-electron chi connectivity index (χ4n) is 2.07. The molecule has 0 aliphatic rings. The Morgan fingerprint density at radius 1 is 1.22 bits per heavy atom. The topological polar surface area (TPSA) is 21.3 Å². The molecule has 1 N–H and O–H groups in total. The molecule has 1 aromatic rings. The first-order chi connectivity index (χ1) is 8.63. The number of rotatable bonds is 8. The minimum Gasteiger partial charge on any atom is -0.496 e. The third-order valence-corrected chi connectivity index (χ3v) is 3.08. The lowest BCUT2D eigenvalue weighted by atomic mass is 10.1. The van der Waals surface area contributed by atoms with Gasteiger partial charge in [-0.1, -0.05) is 26.0 Å². The van der Waals surface area contributed by atoms with Crippen LogP contribution in [0.3, 0.4) is 0 Å². The van der Waals surface area contributed by atoms with Crippen LogP contribution >= 0.6 is 0 Å². The average molecular weight is 249 g/mol. The van der Waals surface area contributed by atoms with Gasteiger partial charge in [-0.2, -0.15) is 0 Å². The summed E-state index contributed by atoms with van der Waals surface area (Å²) in [5, 5.41) is 3.48. The molecule has 2 nitrogen and oxygen atoms in total. The Morgan fingerprint density at radius 2 is 2.00 bits per heavy atom. The zero-order chi connectivity index (χ0) is 13.4. The van der Waals surface area contributed by atoms with E-state index in [1.54, 1.807) is 7.11 Å². The largest absolute Gasteiger partial charge is 0.496 e. The fourth-order valence-corrected chi connectivity index (χ4v) is 2.07. The van der Waals surface area contributed by atoms with Crippen molar-refractivity contribution >= 4 is 0 Å². The molecule has 18 heavy (non-hydrogen) atoms. The molecule has 0 heterocycles. The van der Waals surface area contributed by atoms with Crippen LogP contribution in [-0.2, 0) is 6.42 Å². The third kappa shape index (κ3) is 5.54. The van der Waals surface area contributed by atoms with Crippen molar-refractivity contribution in [1.29, 1.82) is 0 Å². The molecule has 0 unspecified atom stereocenters. The van der Waals surface area contributed by atoms with Gasteiger partial charge in [0.15, 0.2) is 0 Å². The van der Waals surface area contributed by atoms with E-state index in [1.807, 2.05) is 0 Å². The lowest BCUT2D eigenvalue weighted by Crippen LogP contribution is -2.20. The van der Waals surface area contributed by atoms with Crippen LogP contribution in [0.25, 0.3) is 0 Å². The maximum absolute atomic E-state index is 5.27.